The summed E-state index contributed by atoms with van der Waals surface area (Å²) >= 11 is 0. The summed E-state index contributed by atoms with van der Waals surface area (Å²) in [6, 6.07) is 7.50. The molecule has 0 aliphatic carbocycles. The van der Waals surface area contributed by atoms with Crippen LogP contribution in [0.15, 0.2) is 52.9 Å². The van der Waals surface area contributed by atoms with E-state index in [1.165, 1.54) is 0 Å². The topological polar surface area (TPSA) is 102 Å². The molecule has 3 heterocycles. The Morgan fingerprint density at radius 2 is 2.19 bits per heavy atom. The predicted molar refractivity (Wildman–Crippen MR) is 99.4 cm³/mol. The van der Waals surface area contributed by atoms with Crippen LogP contribution >= 0.6 is 0 Å². The monoisotopic (exact) mass is 351 g/mol. The van der Waals surface area contributed by atoms with Crippen LogP contribution in [0.25, 0.3) is 0 Å². The van der Waals surface area contributed by atoms with Crippen LogP contribution in [0.2, 0.25) is 0 Å². The first-order valence-electron chi connectivity index (χ1n) is 8.33. The first kappa shape index (κ1) is 17.6. The van der Waals surface area contributed by atoms with E-state index in [4.69, 9.17) is 10.5 Å². The van der Waals surface area contributed by atoms with Crippen molar-refractivity contribution in [2.24, 2.45) is 10.7 Å². The number of ether oxygens (including phenoxy) is 1. The second-order valence-corrected chi connectivity index (χ2v) is 6.01. The highest BCUT2D eigenvalue weighted by molar-refractivity contribution is 6.24. The molecular formula is C19H21N5O2. The van der Waals surface area contributed by atoms with Crippen molar-refractivity contribution in [3.63, 3.8) is 0 Å². The second kappa shape index (κ2) is 7.77. The number of hydrogen-bond acceptors (Lipinski definition) is 6. The minimum absolute atomic E-state index is 0.173. The molecule has 0 radical (unpaired) electrons. The average Bonchev–Trinajstić information content (AvgIpc) is 2.62. The SMILES string of the molecule is COc1ccc(Cc2cc(N=C3CCNC(=O)/C3=C(\C)N)ccn2)cn1. The normalized spacial score (nSPS) is 17.8. The maximum atomic E-state index is 12.0. The number of allylic oxidation sites excluding steroid dienone is 1. The summed E-state index contributed by atoms with van der Waals surface area (Å²) in [6.07, 6.45) is 4.76. The molecule has 0 atom stereocenters. The van der Waals surface area contributed by atoms with Gasteiger partial charge < -0.3 is 15.8 Å². The van der Waals surface area contributed by atoms with E-state index in [0.29, 0.717) is 42.2 Å². The van der Waals surface area contributed by atoms with Crippen LogP contribution in [0.5, 0.6) is 5.88 Å². The van der Waals surface area contributed by atoms with Gasteiger partial charge >= 0.3 is 0 Å². The molecule has 1 fully saturated rings. The second-order valence-electron chi connectivity index (χ2n) is 6.01. The maximum absolute atomic E-state index is 12.0. The van der Waals surface area contributed by atoms with Gasteiger partial charge in [0.2, 0.25) is 5.88 Å². The molecule has 0 aromatic carbocycles. The fraction of sp³-hybridized carbons (Fsp3) is 0.263. The molecule has 134 valence electrons. The lowest BCUT2D eigenvalue weighted by Gasteiger charge is -2.18. The third-order valence-corrected chi connectivity index (χ3v) is 4.01. The van der Waals surface area contributed by atoms with Gasteiger partial charge in [0.25, 0.3) is 5.91 Å². The van der Waals surface area contributed by atoms with E-state index in [9.17, 15) is 4.79 Å². The summed E-state index contributed by atoms with van der Waals surface area (Å²) in [4.78, 5) is 25.3. The highest BCUT2D eigenvalue weighted by atomic mass is 16.5. The van der Waals surface area contributed by atoms with Crippen LogP contribution in [-0.2, 0) is 11.2 Å². The third-order valence-electron chi connectivity index (χ3n) is 4.01. The number of nitrogens with one attached hydrogen (secondary N) is 1. The van der Waals surface area contributed by atoms with Crippen molar-refractivity contribution in [1.82, 2.24) is 15.3 Å². The van der Waals surface area contributed by atoms with E-state index in [0.717, 1.165) is 16.9 Å². The number of carbonyl (C=O) groups is 1. The van der Waals surface area contributed by atoms with Crippen LogP contribution in [0.3, 0.4) is 0 Å². The Hall–Kier alpha value is -3.22. The van der Waals surface area contributed by atoms with Crippen molar-refractivity contribution >= 4 is 17.3 Å². The molecule has 2 aromatic heterocycles. The lowest BCUT2D eigenvalue weighted by Crippen LogP contribution is -2.37. The van der Waals surface area contributed by atoms with Gasteiger partial charge in [-0.15, -0.1) is 0 Å². The number of methoxy groups -OCH3 is 1. The highest BCUT2D eigenvalue weighted by Gasteiger charge is 2.22. The van der Waals surface area contributed by atoms with Crippen molar-refractivity contribution in [1.29, 1.82) is 0 Å². The molecule has 1 aliphatic rings. The molecular weight excluding hydrogens is 330 g/mol. The summed E-state index contributed by atoms with van der Waals surface area (Å²) in [5.74, 6) is 0.405. The van der Waals surface area contributed by atoms with Gasteiger partial charge in [-0.25, -0.2) is 4.98 Å². The van der Waals surface area contributed by atoms with Crippen LogP contribution in [-0.4, -0.2) is 35.2 Å². The number of nitrogens with zero attached hydrogens (tertiary/aromatic N) is 3. The van der Waals surface area contributed by atoms with Gasteiger partial charge in [0.05, 0.1) is 24.1 Å². The van der Waals surface area contributed by atoms with E-state index >= 15 is 0 Å². The zero-order valence-corrected chi connectivity index (χ0v) is 14.8. The van der Waals surface area contributed by atoms with Crippen LogP contribution < -0.4 is 15.8 Å². The number of carbonyl (C=O) groups excluding carboxylic acids is 1. The minimum atomic E-state index is -0.173. The van der Waals surface area contributed by atoms with Crippen LogP contribution in [0.4, 0.5) is 5.69 Å². The molecule has 2 aromatic rings. The van der Waals surface area contributed by atoms with E-state index in [2.05, 4.69) is 20.3 Å². The fourth-order valence-corrected chi connectivity index (χ4v) is 2.79. The van der Waals surface area contributed by atoms with Gasteiger partial charge in [0, 0.05) is 49.2 Å². The number of amides is 1. The Balaban J connectivity index is 1.84. The lowest BCUT2D eigenvalue weighted by molar-refractivity contribution is -0.117. The number of rotatable bonds is 4. The average molecular weight is 351 g/mol. The molecule has 3 rings (SSSR count). The van der Waals surface area contributed by atoms with Crippen molar-refractivity contribution in [3.05, 3.63) is 59.2 Å². The quantitative estimate of drug-likeness (QED) is 0.819. The number of aromatic nitrogens is 2. The standard InChI is InChI=1S/C19H21N5O2/c1-12(20)18-16(6-8-22-19(18)25)24-14-5-7-21-15(10-14)9-13-3-4-17(26-2)23-11-13/h3-5,7,10-11H,6,8-9,20H2,1-2H3,(H,22,25)/b18-12+,24-16?. The van der Waals surface area contributed by atoms with Gasteiger partial charge in [-0.2, -0.15) is 0 Å². The van der Waals surface area contributed by atoms with Gasteiger partial charge in [-0.1, -0.05) is 6.07 Å². The van der Waals surface area contributed by atoms with Crippen molar-refractivity contribution in [3.8, 4) is 5.88 Å². The Morgan fingerprint density at radius 1 is 1.35 bits per heavy atom. The molecule has 0 bridgehead atoms. The molecule has 1 saturated heterocycles. The third kappa shape index (κ3) is 4.05. The van der Waals surface area contributed by atoms with E-state index < -0.39 is 0 Å². The van der Waals surface area contributed by atoms with Crippen molar-refractivity contribution < 1.29 is 9.53 Å². The van der Waals surface area contributed by atoms with Gasteiger partial charge in [0.1, 0.15) is 0 Å². The van der Waals surface area contributed by atoms with Crippen molar-refractivity contribution in [2.45, 2.75) is 19.8 Å². The zero-order chi connectivity index (χ0) is 18.5. The summed E-state index contributed by atoms with van der Waals surface area (Å²) in [5.41, 5.74) is 10.2. The highest BCUT2D eigenvalue weighted by Crippen LogP contribution is 2.20. The number of piperidine rings is 1. The Morgan fingerprint density at radius 3 is 2.88 bits per heavy atom. The molecule has 0 unspecified atom stereocenters. The zero-order valence-electron chi connectivity index (χ0n) is 14.8. The van der Waals surface area contributed by atoms with Gasteiger partial charge in [-0.05, 0) is 24.6 Å². The van der Waals surface area contributed by atoms with E-state index in [-0.39, 0.29) is 5.91 Å². The Bertz CT molecular complexity index is 868. The molecule has 0 spiro atoms. The largest absolute Gasteiger partial charge is 0.481 e. The van der Waals surface area contributed by atoms with Crippen LogP contribution in [0, 0.1) is 0 Å². The number of hydrogen-bond donors (Lipinski definition) is 2. The summed E-state index contributed by atoms with van der Waals surface area (Å²) < 4.78 is 5.07. The molecule has 1 amide bonds. The Kier molecular flexibility index (Phi) is 5.26. The summed E-state index contributed by atoms with van der Waals surface area (Å²) in [7, 11) is 1.59. The molecule has 1 aliphatic heterocycles. The van der Waals surface area contributed by atoms with E-state index in [1.54, 1.807) is 26.4 Å². The van der Waals surface area contributed by atoms with Crippen molar-refractivity contribution in [2.75, 3.05) is 13.7 Å². The number of nitrogens with two attached hydrogens (primary N) is 1. The first-order valence-corrected chi connectivity index (χ1v) is 8.33. The van der Waals surface area contributed by atoms with Gasteiger partial charge in [0.15, 0.2) is 0 Å². The van der Waals surface area contributed by atoms with E-state index in [1.807, 2.05) is 24.3 Å². The van der Waals surface area contributed by atoms with Gasteiger partial charge in [-0.3, -0.25) is 14.8 Å². The molecule has 26 heavy (non-hydrogen) atoms. The lowest BCUT2D eigenvalue weighted by atomic mass is 10.0. The molecule has 7 heteroatoms. The fourth-order valence-electron chi connectivity index (χ4n) is 2.79. The minimum Gasteiger partial charge on any atom is -0.481 e. The Labute approximate surface area is 152 Å². The first-order chi connectivity index (χ1) is 12.6. The maximum Gasteiger partial charge on any atom is 0.254 e. The molecule has 3 N–H and O–H groups in total. The number of aliphatic imine (C=N–C) groups is 1. The summed E-state index contributed by atoms with van der Waals surface area (Å²) in [6.45, 7) is 2.27. The molecule has 0 saturated carbocycles. The smallest absolute Gasteiger partial charge is 0.254 e. The predicted octanol–water partition coefficient (Wildman–Crippen LogP) is 1.90. The van der Waals surface area contributed by atoms with Crippen LogP contribution in [0.1, 0.15) is 24.6 Å². The number of pyridine rings is 2. The molecule has 7 nitrogen and oxygen atoms in total. The summed E-state index contributed by atoms with van der Waals surface area (Å²) in [5, 5.41) is 2.80.